The number of benzene rings is 1. The van der Waals surface area contributed by atoms with E-state index in [1.165, 1.54) is 27.4 Å². The van der Waals surface area contributed by atoms with Crippen molar-refractivity contribution in [3.8, 4) is 17.2 Å². The number of methoxy groups -OCH3 is 3. The molecule has 164 valence electrons. The molecule has 9 nitrogen and oxygen atoms in total. The molecule has 2 aromatic heterocycles. The van der Waals surface area contributed by atoms with Crippen molar-refractivity contribution in [1.29, 1.82) is 0 Å². The van der Waals surface area contributed by atoms with Crippen LogP contribution < -0.4 is 36.0 Å². The van der Waals surface area contributed by atoms with Gasteiger partial charge in [-0.1, -0.05) is 20.8 Å². The van der Waals surface area contributed by atoms with Crippen LogP contribution in [0.2, 0.25) is 0 Å². The van der Waals surface area contributed by atoms with Crippen LogP contribution in [0.4, 0.5) is 0 Å². The number of imidazole rings is 1. The maximum atomic E-state index is 12.7. The summed E-state index contributed by atoms with van der Waals surface area (Å²) in [5, 5.41) is 0.162. The number of nitrogens with zero attached hydrogens (tertiary/aromatic N) is 1. The van der Waals surface area contributed by atoms with E-state index in [9.17, 15) is 9.59 Å². The number of rotatable bonds is 5. The number of H-pyrrole nitrogens is 3. The second kappa shape index (κ2) is 8.55. The molecular formula is C22H26N4O5. The number of aromatic nitrogens is 4. The van der Waals surface area contributed by atoms with Gasteiger partial charge in [-0.05, 0) is 12.2 Å². The van der Waals surface area contributed by atoms with Crippen LogP contribution in [0, 0.1) is 0 Å². The lowest BCUT2D eigenvalue weighted by molar-refractivity contribution is 0.374. The molecule has 0 atom stereocenters. The summed E-state index contributed by atoms with van der Waals surface area (Å²) in [4.78, 5) is 38.0. The first-order valence-electron chi connectivity index (χ1n) is 9.58. The van der Waals surface area contributed by atoms with Gasteiger partial charge in [0.15, 0.2) is 0 Å². The van der Waals surface area contributed by atoms with Gasteiger partial charge in [0.25, 0.3) is 11.1 Å². The predicted octanol–water partition coefficient (Wildman–Crippen LogP) is 0.767. The van der Waals surface area contributed by atoms with E-state index in [0.29, 0.717) is 28.5 Å². The summed E-state index contributed by atoms with van der Waals surface area (Å²) in [6.07, 6.45) is 4.61. The first-order chi connectivity index (χ1) is 14.7. The van der Waals surface area contributed by atoms with Crippen LogP contribution in [0.3, 0.4) is 0 Å². The fourth-order valence-corrected chi connectivity index (χ4v) is 3.17. The lowest BCUT2D eigenvalue weighted by Gasteiger charge is -2.16. The highest BCUT2D eigenvalue weighted by molar-refractivity contribution is 5.66. The van der Waals surface area contributed by atoms with Crippen LogP contribution >= 0.6 is 0 Å². The van der Waals surface area contributed by atoms with E-state index in [1.54, 1.807) is 24.5 Å². The Labute approximate surface area is 178 Å². The number of hydrogen-bond donors (Lipinski definition) is 3. The highest BCUT2D eigenvalue weighted by Gasteiger charge is 2.19. The van der Waals surface area contributed by atoms with Crippen LogP contribution in [0.15, 0.2) is 28.0 Å². The molecule has 0 fully saturated rings. The standard InChI is InChI=1S/C22H26N4O5/c1-22(2,3)19-14(23-11-24-19)10-16-21(28)25-15(20(27)26-16)9-13-17(30-5)7-12(29-4)8-18(13)31-6/h7-11H,1-6H3,(H,23,24)(H,25,28)(H,26,27). The third-order valence-corrected chi connectivity index (χ3v) is 4.73. The van der Waals surface area contributed by atoms with E-state index in [2.05, 4.69) is 19.9 Å². The quantitative estimate of drug-likeness (QED) is 0.554. The van der Waals surface area contributed by atoms with E-state index in [1.807, 2.05) is 20.8 Å². The van der Waals surface area contributed by atoms with Gasteiger partial charge in [0.2, 0.25) is 0 Å². The molecule has 0 aliphatic heterocycles. The monoisotopic (exact) mass is 426 g/mol. The molecule has 0 saturated heterocycles. The fourth-order valence-electron chi connectivity index (χ4n) is 3.17. The first-order valence-corrected chi connectivity index (χ1v) is 9.58. The van der Waals surface area contributed by atoms with E-state index in [-0.39, 0.29) is 16.1 Å². The van der Waals surface area contributed by atoms with Crippen molar-refractivity contribution < 1.29 is 14.2 Å². The van der Waals surface area contributed by atoms with Gasteiger partial charge in [0, 0.05) is 23.2 Å². The molecule has 0 amide bonds. The highest BCUT2D eigenvalue weighted by Crippen LogP contribution is 2.34. The summed E-state index contributed by atoms with van der Waals surface area (Å²) in [5.74, 6) is 1.39. The zero-order valence-corrected chi connectivity index (χ0v) is 18.4. The Bertz CT molecular complexity index is 1300. The lowest BCUT2D eigenvalue weighted by atomic mass is 9.90. The summed E-state index contributed by atoms with van der Waals surface area (Å²) in [5.41, 5.74) is 0.801. The maximum Gasteiger partial charge on any atom is 0.272 e. The Hall–Kier alpha value is -3.75. The lowest BCUT2D eigenvalue weighted by Crippen LogP contribution is -2.46. The molecule has 0 radical (unpaired) electrons. The molecule has 2 heterocycles. The topological polar surface area (TPSA) is 122 Å². The van der Waals surface area contributed by atoms with E-state index < -0.39 is 11.1 Å². The molecule has 0 aliphatic carbocycles. The van der Waals surface area contributed by atoms with Crippen molar-refractivity contribution in [2.75, 3.05) is 21.3 Å². The van der Waals surface area contributed by atoms with Gasteiger partial charge in [-0.25, -0.2) is 4.98 Å². The summed E-state index contributed by atoms with van der Waals surface area (Å²) < 4.78 is 16.0. The van der Waals surface area contributed by atoms with Crippen LogP contribution in [0.5, 0.6) is 17.2 Å². The Morgan fingerprint density at radius 2 is 1.42 bits per heavy atom. The fraction of sp³-hybridized carbons (Fsp3) is 0.318. The Morgan fingerprint density at radius 1 is 0.871 bits per heavy atom. The maximum absolute atomic E-state index is 12.7. The van der Waals surface area contributed by atoms with E-state index >= 15 is 0 Å². The van der Waals surface area contributed by atoms with Gasteiger partial charge >= 0.3 is 0 Å². The van der Waals surface area contributed by atoms with Crippen molar-refractivity contribution >= 4 is 12.2 Å². The predicted molar refractivity (Wildman–Crippen MR) is 117 cm³/mol. The molecule has 9 heteroatoms. The molecule has 0 bridgehead atoms. The van der Waals surface area contributed by atoms with Gasteiger partial charge in [-0.3, -0.25) is 9.59 Å². The molecule has 1 aromatic carbocycles. The Kier molecular flexibility index (Phi) is 6.05. The summed E-state index contributed by atoms with van der Waals surface area (Å²) in [6.45, 7) is 6.08. The second-order valence-corrected chi connectivity index (χ2v) is 7.88. The normalized spacial score (nSPS) is 12.8. The molecule has 31 heavy (non-hydrogen) atoms. The van der Waals surface area contributed by atoms with Crippen molar-refractivity contribution in [3.63, 3.8) is 0 Å². The third kappa shape index (κ3) is 4.55. The molecule has 3 rings (SSSR count). The molecule has 0 aliphatic rings. The Morgan fingerprint density at radius 3 is 1.90 bits per heavy atom. The van der Waals surface area contributed by atoms with Crippen molar-refractivity contribution in [3.05, 3.63) is 66.8 Å². The minimum atomic E-state index is -0.474. The van der Waals surface area contributed by atoms with E-state index in [0.717, 1.165) is 5.69 Å². The van der Waals surface area contributed by atoms with Gasteiger partial charge < -0.3 is 29.2 Å². The number of nitrogens with one attached hydrogen (secondary N) is 3. The van der Waals surface area contributed by atoms with Crippen LogP contribution in [0.25, 0.3) is 12.2 Å². The third-order valence-electron chi connectivity index (χ3n) is 4.73. The zero-order valence-electron chi connectivity index (χ0n) is 18.4. The van der Waals surface area contributed by atoms with Crippen LogP contribution in [-0.2, 0) is 5.41 Å². The molecule has 0 spiro atoms. The zero-order chi connectivity index (χ0) is 22.8. The van der Waals surface area contributed by atoms with Crippen LogP contribution in [-0.4, -0.2) is 41.3 Å². The van der Waals surface area contributed by atoms with E-state index in [4.69, 9.17) is 14.2 Å². The molecule has 3 aromatic rings. The minimum absolute atomic E-state index is 0.0574. The average molecular weight is 426 g/mol. The average Bonchev–Trinajstić information content (AvgIpc) is 3.20. The largest absolute Gasteiger partial charge is 0.496 e. The van der Waals surface area contributed by atoms with Gasteiger partial charge in [-0.15, -0.1) is 0 Å². The van der Waals surface area contributed by atoms with Crippen molar-refractivity contribution in [1.82, 2.24) is 19.9 Å². The molecule has 0 unspecified atom stereocenters. The minimum Gasteiger partial charge on any atom is -0.496 e. The van der Waals surface area contributed by atoms with Gasteiger partial charge in [-0.2, -0.15) is 0 Å². The first kappa shape index (κ1) is 21.9. The molecule has 0 saturated carbocycles. The number of aromatic amines is 3. The number of ether oxygens (including phenoxy) is 3. The summed E-state index contributed by atoms with van der Waals surface area (Å²) in [6, 6.07) is 3.32. The highest BCUT2D eigenvalue weighted by atomic mass is 16.5. The SMILES string of the molecule is COc1cc(OC)c(C=c2[nH]c(=O)c(=Cc3nc[nH]c3C(C)(C)C)[nH]c2=O)c(OC)c1. The van der Waals surface area contributed by atoms with Crippen molar-refractivity contribution in [2.45, 2.75) is 26.2 Å². The number of hydrogen-bond acceptors (Lipinski definition) is 6. The van der Waals surface area contributed by atoms with Crippen LogP contribution in [0.1, 0.15) is 37.7 Å². The smallest absolute Gasteiger partial charge is 0.272 e. The van der Waals surface area contributed by atoms with Crippen molar-refractivity contribution in [2.24, 2.45) is 0 Å². The summed E-state index contributed by atoms with van der Waals surface area (Å²) in [7, 11) is 4.51. The van der Waals surface area contributed by atoms with Gasteiger partial charge in [0.1, 0.15) is 27.9 Å². The summed E-state index contributed by atoms with van der Waals surface area (Å²) >= 11 is 0. The molecular weight excluding hydrogens is 400 g/mol. The second-order valence-electron chi connectivity index (χ2n) is 7.88. The molecule has 3 N–H and O–H groups in total. The Balaban J connectivity index is 2.19. The van der Waals surface area contributed by atoms with Gasteiger partial charge in [0.05, 0.1) is 38.9 Å².